The summed E-state index contributed by atoms with van der Waals surface area (Å²) in [5.74, 6) is 1.88. The molecule has 0 unspecified atom stereocenters. The van der Waals surface area contributed by atoms with Crippen molar-refractivity contribution in [2.24, 2.45) is 0 Å². The number of aromatic nitrogens is 1. The van der Waals surface area contributed by atoms with Crippen LogP contribution in [0.1, 0.15) is 0 Å². The number of rotatable bonds is 2. The number of ether oxygens (including phenoxy) is 1. The zero-order valence-electron chi connectivity index (χ0n) is 21.7. The van der Waals surface area contributed by atoms with Gasteiger partial charge in [-0.05, 0) is 64.9 Å². The SMILES string of the molecule is c1ccc(N2c3ccccc3B3c4ccccc4Oc4c3c2cc2c4c3ccccc3n2-c2ccccc2)cc1. The maximum atomic E-state index is 6.95. The third-order valence-corrected chi connectivity index (χ3v) is 8.42. The molecular weight excluding hydrogens is 487 g/mol. The molecule has 0 atom stereocenters. The molecule has 0 bridgehead atoms. The summed E-state index contributed by atoms with van der Waals surface area (Å²) in [6.07, 6.45) is 0. The zero-order valence-corrected chi connectivity index (χ0v) is 21.7. The molecule has 6 aromatic carbocycles. The number of benzene rings is 6. The number of hydrogen-bond donors (Lipinski definition) is 0. The van der Waals surface area contributed by atoms with Crippen LogP contribution in [-0.4, -0.2) is 11.3 Å². The van der Waals surface area contributed by atoms with E-state index in [9.17, 15) is 0 Å². The third-order valence-electron chi connectivity index (χ3n) is 8.42. The Hall–Kier alpha value is -5.22. The molecule has 0 fully saturated rings. The lowest BCUT2D eigenvalue weighted by Crippen LogP contribution is -2.59. The zero-order chi connectivity index (χ0) is 26.2. The van der Waals surface area contributed by atoms with Gasteiger partial charge in [0.1, 0.15) is 11.5 Å². The first-order valence-electron chi connectivity index (χ1n) is 13.7. The van der Waals surface area contributed by atoms with Crippen LogP contribution in [0, 0.1) is 0 Å². The third kappa shape index (κ3) is 2.85. The average molecular weight is 510 g/mol. The largest absolute Gasteiger partial charge is 0.458 e. The number of anilines is 3. The quantitative estimate of drug-likeness (QED) is 0.229. The van der Waals surface area contributed by atoms with Crippen LogP contribution < -0.4 is 26.0 Å². The Morgan fingerprint density at radius 3 is 2.00 bits per heavy atom. The lowest BCUT2D eigenvalue weighted by Gasteiger charge is -2.40. The molecule has 0 saturated carbocycles. The predicted octanol–water partition coefficient (Wildman–Crippen LogP) is 7.19. The van der Waals surface area contributed by atoms with Crippen LogP contribution in [-0.2, 0) is 0 Å². The van der Waals surface area contributed by atoms with E-state index in [2.05, 4.69) is 149 Å². The molecule has 0 N–H and O–H groups in total. The highest BCUT2D eigenvalue weighted by molar-refractivity contribution is 6.99. The van der Waals surface area contributed by atoms with Crippen LogP contribution in [0.25, 0.3) is 27.5 Å². The van der Waals surface area contributed by atoms with E-state index in [1.165, 1.54) is 33.0 Å². The molecule has 1 aromatic heterocycles. The molecule has 0 amide bonds. The second kappa shape index (κ2) is 8.14. The molecule has 7 aromatic rings. The van der Waals surface area contributed by atoms with E-state index in [4.69, 9.17) is 4.74 Å². The van der Waals surface area contributed by atoms with Gasteiger partial charge < -0.3 is 14.2 Å². The van der Waals surface area contributed by atoms with Gasteiger partial charge in [0.25, 0.3) is 6.71 Å². The molecule has 186 valence electrons. The molecular formula is C36H23BN2O. The summed E-state index contributed by atoms with van der Waals surface area (Å²) in [7, 11) is 0. The minimum Gasteiger partial charge on any atom is -0.458 e. The van der Waals surface area contributed by atoms with E-state index < -0.39 is 0 Å². The molecule has 9 rings (SSSR count). The summed E-state index contributed by atoms with van der Waals surface area (Å²) in [4.78, 5) is 2.41. The van der Waals surface area contributed by atoms with Gasteiger partial charge in [0, 0.05) is 28.1 Å². The number of fused-ring (bicyclic) bond motifs is 8. The van der Waals surface area contributed by atoms with Crippen molar-refractivity contribution in [2.75, 3.05) is 4.90 Å². The maximum Gasteiger partial charge on any atom is 0.256 e. The van der Waals surface area contributed by atoms with E-state index in [0.717, 1.165) is 39.5 Å². The van der Waals surface area contributed by atoms with E-state index >= 15 is 0 Å². The predicted molar refractivity (Wildman–Crippen MR) is 167 cm³/mol. The molecule has 4 heteroatoms. The summed E-state index contributed by atoms with van der Waals surface area (Å²) in [5.41, 5.74) is 10.7. The second-order valence-electron chi connectivity index (χ2n) is 10.5. The number of hydrogen-bond acceptors (Lipinski definition) is 2. The Kier molecular flexibility index (Phi) is 4.41. The Bertz CT molecular complexity index is 2100. The van der Waals surface area contributed by atoms with Crippen molar-refractivity contribution >= 4 is 62.0 Å². The van der Waals surface area contributed by atoms with Crippen molar-refractivity contribution in [2.45, 2.75) is 0 Å². The first-order valence-corrected chi connectivity index (χ1v) is 13.7. The van der Waals surface area contributed by atoms with Crippen molar-refractivity contribution in [3.63, 3.8) is 0 Å². The fourth-order valence-corrected chi connectivity index (χ4v) is 6.84. The highest BCUT2D eigenvalue weighted by Gasteiger charge is 2.43. The van der Waals surface area contributed by atoms with Crippen LogP contribution in [0.15, 0.2) is 140 Å². The first-order chi connectivity index (χ1) is 19.9. The molecule has 2 aliphatic rings. The molecule has 3 heterocycles. The fraction of sp³-hybridized carbons (Fsp3) is 0. The van der Waals surface area contributed by atoms with Gasteiger partial charge >= 0.3 is 0 Å². The number of para-hydroxylation sites is 5. The molecule has 0 aliphatic carbocycles. The standard InChI is InChI=1S/C36H23BN2O/c1-3-13-24(14-4-1)38-29-20-10-7-17-26(29)34-31(38)23-32-35-36(34)40-33-22-12-9-19-28(33)37(35)27-18-8-11-21-30(27)39(32)25-15-5-2-6-16-25/h1-23H. The molecule has 0 radical (unpaired) electrons. The van der Waals surface area contributed by atoms with Crippen molar-refractivity contribution in [3.05, 3.63) is 140 Å². The van der Waals surface area contributed by atoms with Crippen LogP contribution in [0.3, 0.4) is 0 Å². The molecule has 40 heavy (non-hydrogen) atoms. The van der Waals surface area contributed by atoms with Crippen LogP contribution in [0.4, 0.5) is 17.1 Å². The Balaban J connectivity index is 1.49. The van der Waals surface area contributed by atoms with Gasteiger partial charge in [-0.3, -0.25) is 0 Å². The van der Waals surface area contributed by atoms with Crippen molar-refractivity contribution in [1.82, 2.24) is 4.57 Å². The monoisotopic (exact) mass is 510 g/mol. The summed E-state index contributed by atoms with van der Waals surface area (Å²) in [5, 5.41) is 2.35. The second-order valence-corrected chi connectivity index (χ2v) is 10.5. The van der Waals surface area contributed by atoms with E-state index in [1.807, 2.05) is 0 Å². The van der Waals surface area contributed by atoms with Gasteiger partial charge in [-0.1, -0.05) is 91.0 Å². The summed E-state index contributed by atoms with van der Waals surface area (Å²) >= 11 is 0. The summed E-state index contributed by atoms with van der Waals surface area (Å²) < 4.78 is 9.33. The highest BCUT2D eigenvalue weighted by Crippen LogP contribution is 2.46. The smallest absolute Gasteiger partial charge is 0.256 e. The molecule has 2 aliphatic heterocycles. The minimum absolute atomic E-state index is 0.0781. The van der Waals surface area contributed by atoms with Crippen LogP contribution in [0.5, 0.6) is 11.5 Å². The Morgan fingerprint density at radius 1 is 0.525 bits per heavy atom. The highest BCUT2D eigenvalue weighted by atomic mass is 16.5. The van der Waals surface area contributed by atoms with Gasteiger partial charge in [-0.15, -0.1) is 0 Å². The maximum absolute atomic E-state index is 6.95. The minimum atomic E-state index is 0.0781. The van der Waals surface area contributed by atoms with Gasteiger partial charge in [0.15, 0.2) is 0 Å². The fourth-order valence-electron chi connectivity index (χ4n) is 6.84. The summed E-state index contributed by atoms with van der Waals surface area (Å²) in [6.45, 7) is 0.0781. The lowest BCUT2D eigenvalue weighted by atomic mass is 9.34. The lowest BCUT2D eigenvalue weighted by molar-refractivity contribution is 0.493. The van der Waals surface area contributed by atoms with Gasteiger partial charge in [-0.2, -0.15) is 0 Å². The van der Waals surface area contributed by atoms with Gasteiger partial charge in [-0.25, -0.2) is 0 Å². The van der Waals surface area contributed by atoms with E-state index in [0.29, 0.717) is 0 Å². The normalized spacial score (nSPS) is 13.1. The van der Waals surface area contributed by atoms with E-state index in [1.54, 1.807) is 0 Å². The van der Waals surface area contributed by atoms with Crippen molar-refractivity contribution in [3.8, 4) is 17.2 Å². The van der Waals surface area contributed by atoms with Crippen LogP contribution in [0.2, 0.25) is 0 Å². The molecule has 3 nitrogen and oxygen atoms in total. The Morgan fingerprint density at radius 2 is 1.18 bits per heavy atom. The topological polar surface area (TPSA) is 17.4 Å². The van der Waals surface area contributed by atoms with E-state index in [-0.39, 0.29) is 6.71 Å². The van der Waals surface area contributed by atoms with Gasteiger partial charge in [0.05, 0.1) is 16.4 Å². The summed E-state index contributed by atoms with van der Waals surface area (Å²) in [6, 6.07) is 49.8. The molecule has 0 spiro atoms. The van der Waals surface area contributed by atoms with Crippen molar-refractivity contribution < 1.29 is 4.74 Å². The van der Waals surface area contributed by atoms with Crippen LogP contribution >= 0.6 is 0 Å². The van der Waals surface area contributed by atoms with Crippen molar-refractivity contribution in [1.29, 1.82) is 0 Å². The van der Waals surface area contributed by atoms with Gasteiger partial charge in [0.2, 0.25) is 0 Å². The first kappa shape index (κ1) is 21.7. The molecule has 0 saturated heterocycles. The average Bonchev–Trinajstić information content (AvgIpc) is 3.36. The Labute approximate surface area is 232 Å². The number of nitrogens with zero attached hydrogens (tertiary/aromatic N) is 2.